The summed E-state index contributed by atoms with van der Waals surface area (Å²) in [5.41, 5.74) is 0.0102. The van der Waals surface area contributed by atoms with E-state index in [2.05, 4.69) is 10.3 Å². The Bertz CT molecular complexity index is 811. The molecule has 0 fully saturated rings. The SMILES string of the molecule is COc1cccc(C(C)(CC(=O)O)NC(=O)c2cc(C(C)=O)c[nH]2)c1. The number of carbonyl (C=O) groups is 3. The summed E-state index contributed by atoms with van der Waals surface area (Å²) in [5, 5.41) is 12.0. The molecule has 7 heteroatoms. The van der Waals surface area contributed by atoms with Crippen molar-refractivity contribution in [3.8, 4) is 5.75 Å². The molecule has 1 heterocycles. The van der Waals surface area contributed by atoms with Crippen LogP contribution >= 0.6 is 0 Å². The molecular weight excluding hydrogens is 324 g/mol. The number of amides is 1. The minimum Gasteiger partial charge on any atom is -0.497 e. The van der Waals surface area contributed by atoms with Crippen molar-refractivity contribution in [2.24, 2.45) is 0 Å². The maximum atomic E-state index is 12.5. The number of carbonyl (C=O) groups excluding carboxylic acids is 2. The van der Waals surface area contributed by atoms with Gasteiger partial charge in [-0.25, -0.2) is 0 Å². The first-order chi connectivity index (χ1) is 11.7. The van der Waals surface area contributed by atoms with Gasteiger partial charge in [-0.15, -0.1) is 0 Å². The standard InChI is InChI=1S/C18H20N2O5/c1-11(21)12-7-15(19-10-12)17(24)20-18(2,9-16(22)23)13-5-4-6-14(8-13)25-3/h4-8,10,19H,9H2,1-3H3,(H,20,24)(H,22,23). The molecule has 1 atom stereocenters. The highest BCUT2D eigenvalue weighted by Gasteiger charge is 2.32. The summed E-state index contributed by atoms with van der Waals surface area (Å²) in [5.74, 6) is -1.17. The van der Waals surface area contributed by atoms with Gasteiger partial charge in [0.15, 0.2) is 5.78 Å². The zero-order valence-corrected chi connectivity index (χ0v) is 14.3. The lowest BCUT2D eigenvalue weighted by molar-refractivity contribution is -0.138. The molecule has 0 aliphatic heterocycles. The van der Waals surface area contributed by atoms with Gasteiger partial charge in [0.1, 0.15) is 11.4 Å². The molecule has 0 saturated heterocycles. The van der Waals surface area contributed by atoms with Crippen LogP contribution in [0.3, 0.4) is 0 Å². The number of hydrogen-bond acceptors (Lipinski definition) is 4. The second kappa shape index (κ2) is 7.21. The van der Waals surface area contributed by atoms with Gasteiger partial charge < -0.3 is 20.1 Å². The minimum atomic E-state index is -1.15. The third-order valence-electron chi connectivity index (χ3n) is 3.94. The van der Waals surface area contributed by atoms with Crippen molar-refractivity contribution in [2.45, 2.75) is 25.8 Å². The van der Waals surface area contributed by atoms with E-state index in [1.807, 2.05) is 0 Å². The van der Waals surface area contributed by atoms with Gasteiger partial charge in [0.2, 0.25) is 0 Å². The molecule has 0 saturated carbocycles. The van der Waals surface area contributed by atoms with Crippen molar-refractivity contribution in [1.29, 1.82) is 0 Å². The van der Waals surface area contributed by atoms with Crippen molar-refractivity contribution in [3.05, 3.63) is 53.3 Å². The van der Waals surface area contributed by atoms with Crippen molar-refractivity contribution in [3.63, 3.8) is 0 Å². The predicted molar refractivity (Wildman–Crippen MR) is 90.9 cm³/mol. The molecule has 0 spiro atoms. The molecule has 0 aliphatic carbocycles. The number of rotatable bonds is 7. The van der Waals surface area contributed by atoms with Crippen LogP contribution in [0.2, 0.25) is 0 Å². The summed E-state index contributed by atoms with van der Waals surface area (Å²) in [6.45, 7) is 3.03. The van der Waals surface area contributed by atoms with Gasteiger partial charge in [0.05, 0.1) is 19.1 Å². The average molecular weight is 344 g/mol. The summed E-state index contributed by atoms with van der Waals surface area (Å²) in [4.78, 5) is 37.9. The monoisotopic (exact) mass is 344 g/mol. The Kier molecular flexibility index (Phi) is 5.26. The van der Waals surface area contributed by atoms with Gasteiger partial charge >= 0.3 is 5.97 Å². The van der Waals surface area contributed by atoms with Gasteiger partial charge in [-0.3, -0.25) is 14.4 Å². The smallest absolute Gasteiger partial charge is 0.306 e. The molecule has 132 valence electrons. The largest absolute Gasteiger partial charge is 0.497 e. The number of aromatic amines is 1. The third kappa shape index (κ3) is 4.26. The van der Waals surface area contributed by atoms with E-state index in [0.29, 0.717) is 16.9 Å². The highest BCUT2D eigenvalue weighted by molar-refractivity contribution is 5.99. The number of methoxy groups -OCH3 is 1. The Morgan fingerprint density at radius 3 is 2.56 bits per heavy atom. The molecule has 1 unspecified atom stereocenters. The normalized spacial score (nSPS) is 12.9. The van der Waals surface area contributed by atoms with Crippen LogP contribution in [-0.4, -0.2) is 34.9 Å². The van der Waals surface area contributed by atoms with Crippen LogP contribution in [0.1, 0.15) is 46.7 Å². The molecule has 1 aromatic heterocycles. The Morgan fingerprint density at radius 2 is 2.00 bits per heavy atom. The number of aliphatic carboxylic acids is 1. The maximum absolute atomic E-state index is 12.5. The molecule has 0 aliphatic rings. The second-order valence-electron chi connectivity index (χ2n) is 5.95. The van der Waals surface area contributed by atoms with Crippen LogP contribution in [0.4, 0.5) is 0 Å². The first-order valence-electron chi connectivity index (χ1n) is 7.63. The minimum absolute atomic E-state index is 0.170. The highest BCUT2D eigenvalue weighted by atomic mass is 16.5. The number of hydrogen-bond donors (Lipinski definition) is 3. The van der Waals surface area contributed by atoms with Crippen LogP contribution in [0.25, 0.3) is 0 Å². The van der Waals surface area contributed by atoms with Crippen molar-refractivity contribution < 1.29 is 24.2 Å². The Hall–Kier alpha value is -3.09. The lowest BCUT2D eigenvalue weighted by Gasteiger charge is -2.30. The van der Waals surface area contributed by atoms with Crippen LogP contribution in [0.15, 0.2) is 36.5 Å². The first kappa shape index (κ1) is 18.3. The number of H-pyrrole nitrogens is 1. The number of ketones is 1. The molecule has 1 amide bonds. The quantitative estimate of drug-likeness (QED) is 0.668. The summed E-state index contributed by atoms with van der Waals surface area (Å²) in [6, 6.07) is 8.30. The molecule has 7 nitrogen and oxygen atoms in total. The topological polar surface area (TPSA) is 108 Å². The third-order valence-corrected chi connectivity index (χ3v) is 3.94. The molecule has 2 rings (SSSR count). The van der Waals surface area contributed by atoms with Gasteiger partial charge in [-0.05, 0) is 37.6 Å². The predicted octanol–water partition coefficient (Wildman–Crippen LogP) is 2.35. The maximum Gasteiger partial charge on any atom is 0.306 e. The van der Waals surface area contributed by atoms with Crippen LogP contribution < -0.4 is 10.1 Å². The van der Waals surface area contributed by atoms with E-state index in [1.165, 1.54) is 26.3 Å². The molecule has 25 heavy (non-hydrogen) atoms. The van der Waals surface area contributed by atoms with E-state index < -0.39 is 17.4 Å². The number of carboxylic acid groups (broad SMARTS) is 1. The number of benzene rings is 1. The Labute approximate surface area is 145 Å². The number of ether oxygens (including phenoxy) is 1. The van der Waals surface area contributed by atoms with Gasteiger partial charge in [0.25, 0.3) is 5.91 Å². The molecule has 3 N–H and O–H groups in total. The van der Waals surface area contributed by atoms with E-state index >= 15 is 0 Å². The lowest BCUT2D eigenvalue weighted by Crippen LogP contribution is -2.45. The fraction of sp³-hybridized carbons (Fsp3) is 0.278. The summed E-state index contributed by atoms with van der Waals surface area (Å²) in [7, 11) is 1.51. The number of nitrogens with one attached hydrogen (secondary N) is 2. The summed E-state index contributed by atoms with van der Waals surface area (Å²) < 4.78 is 5.17. The number of carboxylic acids is 1. The average Bonchev–Trinajstić information content (AvgIpc) is 3.04. The fourth-order valence-corrected chi connectivity index (χ4v) is 2.53. The van der Waals surface area contributed by atoms with Crippen LogP contribution in [0.5, 0.6) is 5.75 Å². The second-order valence-corrected chi connectivity index (χ2v) is 5.95. The van der Waals surface area contributed by atoms with Gasteiger partial charge in [0, 0.05) is 11.8 Å². The Morgan fingerprint density at radius 1 is 1.28 bits per heavy atom. The van der Waals surface area contributed by atoms with Gasteiger partial charge in [-0.2, -0.15) is 0 Å². The zero-order valence-electron chi connectivity index (χ0n) is 14.3. The Balaban J connectivity index is 2.33. The van der Waals surface area contributed by atoms with E-state index in [4.69, 9.17) is 4.74 Å². The lowest BCUT2D eigenvalue weighted by atomic mass is 9.88. The van der Waals surface area contributed by atoms with Crippen molar-refractivity contribution in [1.82, 2.24) is 10.3 Å². The summed E-state index contributed by atoms with van der Waals surface area (Å²) in [6.07, 6.45) is 1.13. The van der Waals surface area contributed by atoms with E-state index in [0.717, 1.165) is 0 Å². The van der Waals surface area contributed by atoms with E-state index in [9.17, 15) is 19.5 Å². The molecule has 2 aromatic rings. The zero-order chi connectivity index (χ0) is 18.6. The first-order valence-corrected chi connectivity index (χ1v) is 7.63. The van der Waals surface area contributed by atoms with Crippen molar-refractivity contribution in [2.75, 3.05) is 7.11 Å². The van der Waals surface area contributed by atoms with Crippen LogP contribution in [0, 0.1) is 0 Å². The fourth-order valence-electron chi connectivity index (χ4n) is 2.53. The molecule has 1 aromatic carbocycles. The van der Waals surface area contributed by atoms with Crippen LogP contribution in [-0.2, 0) is 10.3 Å². The molecular formula is C18H20N2O5. The van der Waals surface area contributed by atoms with E-state index in [1.54, 1.807) is 31.2 Å². The number of aromatic nitrogens is 1. The van der Waals surface area contributed by atoms with E-state index in [-0.39, 0.29) is 17.9 Å². The summed E-state index contributed by atoms with van der Waals surface area (Å²) >= 11 is 0. The highest BCUT2D eigenvalue weighted by Crippen LogP contribution is 2.28. The molecule has 0 bridgehead atoms. The number of Topliss-reactive ketones (excluding diaryl/α,β-unsaturated/α-hetero) is 1. The molecule has 0 radical (unpaired) electrons. The van der Waals surface area contributed by atoms with Crippen molar-refractivity contribution >= 4 is 17.7 Å². The van der Waals surface area contributed by atoms with Gasteiger partial charge in [-0.1, -0.05) is 12.1 Å².